The van der Waals surface area contributed by atoms with Crippen LogP contribution in [-0.2, 0) is 9.59 Å². The van der Waals surface area contributed by atoms with Crippen LogP contribution in [0.25, 0.3) is 0 Å². The molecule has 0 aliphatic heterocycles. The third kappa shape index (κ3) is 2.72. The SMILES string of the molecule is CC1=C(O)C(=O)C[C@H]2[C@]3(C)CC[C@@]4(C)[C@H]5C[C@](C)(C(=O)O)CC[C@]5(C)CC[C@]4(C)[C@@H]3CC[C@]12C. The number of carbonyl (C=O) groups excluding carboxylic acids is 1. The lowest BCUT2D eigenvalue weighted by Gasteiger charge is -2.74. The number of aliphatic hydroxyl groups is 1. The number of hydrogen-bond donors (Lipinski definition) is 2. The van der Waals surface area contributed by atoms with Gasteiger partial charge in [0, 0.05) is 6.42 Å². The fraction of sp³-hybridized carbons (Fsp3) is 0.867. The van der Waals surface area contributed by atoms with Crippen LogP contribution in [0.15, 0.2) is 11.3 Å². The smallest absolute Gasteiger partial charge is 0.309 e. The minimum Gasteiger partial charge on any atom is -0.504 e. The average Bonchev–Trinajstić information content (AvgIpc) is 2.77. The highest BCUT2D eigenvalue weighted by Crippen LogP contribution is 2.78. The van der Waals surface area contributed by atoms with Gasteiger partial charge < -0.3 is 10.2 Å². The molecule has 0 bridgehead atoms. The number of carboxylic acid groups (broad SMARTS) is 1. The normalized spacial score (nSPS) is 55.0. The molecule has 0 amide bonds. The number of aliphatic carboxylic acids is 1. The summed E-state index contributed by atoms with van der Waals surface area (Å²) in [6, 6.07) is 0. The lowest BCUT2D eigenvalue weighted by molar-refractivity contribution is -0.249. The Hall–Kier alpha value is -1.32. The molecule has 0 heterocycles. The molecular formula is C30H46O4. The van der Waals surface area contributed by atoms with E-state index in [0.717, 1.165) is 50.5 Å². The minimum atomic E-state index is -0.623. The second kappa shape index (κ2) is 6.91. The summed E-state index contributed by atoms with van der Waals surface area (Å²) in [5, 5.41) is 20.7. The number of hydrogen-bond acceptors (Lipinski definition) is 3. The van der Waals surface area contributed by atoms with Crippen molar-refractivity contribution in [2.24, 2.45) is 50.2 Å². The molecule has 5 rings (SSSR count). The van der Waals surface area contributed by atoms with Gasteiger partial charge in [-0.25, -0.2) is 0 Å². The Labute approximate surface area is 206 Å². The summed E-state index contributed by atoms with van der Waals surface area (Å²) in [6.07, 6.45) is 9.85. The van der Waals surface area contributed by atoms with Gasteiger partial charge in [0.15, 0.2) is 11.5 Å². The molecule has 2 N–H and O–H groups in total. The van der Waals surface area contributed by atoms with E-state index in [9.17, 15) is 19.8 Å². The topological polar surface area (TPSA) is 74.6 Å². The monoisotopic (exact) mass is 470 g/mol. The van der Waals surface area contributed by atoms with E-state index >= 15 is 0 Å². The predicted molar refractivity (Wildman–Crippen MR) is 133 cm³/mol. The zero-order valence-corrected chi connectivity index (χ0v) is 22.5. The van der Waals surface area contributed by atoms with Gasteiger partial charge in [-0.15, -0.1) is 0 Å². The van der Waals surface area contributed by atoms with Gasteiger partial charge >= 0.3 is 5.97 Å². The Bertz CT molecular complexity index is 982. The van der Waals surface area contributed by atoms with Crippen molar-refractivity contribution in [3.05, 3.63) is 11.3 Å². The van der Waals surface area contributed by atoms with Gasteiger partial charge in [0.2, 0.25) is 0 Å². The number of aliphatic hydroxyl groups excluding tert-OH is 1. The van der Waals surface area contributed by atoms with E-state index in [-0.39, 0.29) is 44.5 Å². The first-order valence-corrected chi connectivity index (χ1v) is 13.7. The van der Waals surface area contributed by atoms with Crippen LogP contribution in [0, 0.1) is 50.2 Å². The number of carboxylic acids is 1. The molecule has 0 aromatic carbocycles. The van der Waals surface area contributed by atoms with Gasteiger partial charge in [0.05, 0.1) is 5.41 Å². The lowest BCUT2D eigenvalue weighted by Crippen LogP contribution is -2.67. The van der Waals surface area contributed by atoms with E-state index in [0.29, 0.717) is 18.3 Å². The number of ketones is 1. The zero-order valence-electron chi connectivity index (χ0n) is 22.5. The first kappa shape index (κ1) is 24.4. The summed E-state index contributed by atoms with van der Waals surface area (Å²) >= 11 is 0. The van der Waals surface area contributed by atoms with Crippen molar-refractivity contribution in [1.82, 2.24) is 0 Å². The third-order valence-corrected chi connectivity index (χ3v) is 13.7. The largest absolute Gasteiger partial charge is 0.504 e. The van der Waals surface area contributed by atoms with Crippen LogP contribution in [0.5, 0.6) is 0 Å². The summed E-state index contributed by atoms with van der Waals surface area (Å²) < 4.78 is 0. The Kier molecular flexibility index (Phi) is 4.96. The molecule has 0 aromatic heterocycles. The van der Waals surface area contributed by atoms with Crippen molar-refractivity contribution >= 4 is 11.8 Å². The van der Waals surface area contributed by atoms with Crippen LogP contribution in [0.4, 0.5) is 0 Å². The van der Waals surface area contributed by atoms with Crippen molar-refractivity contribution < 1.29 is 19.8 Å². The van der Waals surface area contributed by atoms with E-state index in [1.165, 1.54) is 12.8 Å². The van der Waals surface area contributed by atoms with Gasteiger partial charge in [-0.3, -0.25) is 9.59 Å². The Morgan fingerprint density at radius 2 is 1.41 bits per heavy atom. The summed E-state index contributed by atoms with van der Waals surface area (Å²) in [6.45, 7) is 16.2. The third-order valence-electron chi connectivity index (χ3n) is 13.7. The fourth-order valence-electron chi connectivity index (χ4n) is 10.8. The number of Topliss-reactive ketones (excluding diaryl/α,β-unsaturated/α-hetero) is 1. The van der Waals surface area contributed by atoms with Crippen LogP contribution >= 0.6 is 0 Å². The molecule has 0 aromatic rings. The quantitative estimate of drug-likeness (QED) is 0.421. The first-order valence-electron chi connectivity index (χ1n) is 13.7. The molecule has 34 heavy (non-hydrogen) atoms. The van der Waals surface area contributed by atoms with Gasteiger partial charge in [-0.2, -0.15) is 0 Å². The molecule has 0 saturated heterocycles. The summed E-state index contributed by atoms with van der Waals surface area (Å²) in [5.41, 5.74) is 0.732. The molecular weight excluding hydrogens is 424 g/mol. The van der Waals surface area contributed by atoms with E-state index in [1.54, 1.807) is 0 Å². The van der Waals surface area contributed by atoms with Crippen molar-refractivity contribution in [2.45, 2.75) is 113 Å². The van der Waals surface area contributed by atoms with Crippen molar-refractivity contribution in [3.63, 3.8) is 0 Å². The van der Waals surface area contributed by atoms with Gasteiger partial charge in [0.1, 0.15) is 0 Å². The van der Waals surface area contributed by atoms with Crippen molar-refractivity contribution in [3.8, 4) is 0 Å². The number of carbonyl (C=O) groups is 2. The molecule has 4 fully saturated rings. The molecule has 5 aliphatic carbocycles. The highest BCUT2D eigenvalue weighted by Gasteiger charge is 2.71. The second-order valence-corrected chi connectivity index (χ2v) is 14.8. The fourth-order valence-corrected chi connectivity index (χ4v) is 10.8. The maximum Gasteiger partial charge on any atom is 0.309 e. The zero-order chi connectivity index (χ0) is 25.1. The Morgan fingerprint density at radius 3 is 2.06 bits per heavy atom. The summed E-state index contributed by atoms with van der Waals surface area (Å²) in [4.78, 5) is 25.1. The van der Waals surface area contributed by atoms with Gasteiger partial charge in [-0.1, -0.05) is 34.6 Å². The standard InChI is InChI=1S/C30H46O4/c1-18-23(32)19(31)16-21-27(18,4)9-8-20-28(21,5)13-15-30(7)22-17-26(3,24(33)34)11-10-25(22,2)12-14-29(20,30)6/h20-22,32H,8-17H2,1-7H3,(H,33,34)/t20-,21-,22+,25-,26-,27-,28-,29-,30+/m1/s1. The van der Waals surface area contributed by atoms with E-state index < -0.39 is 11.4 Å². The highest BCUT2D eigenvalue weighted by molar-refractivity contribution is 5.95. The lowest BCUT2D eigenvalue weighted by atomic mass is 9.30. The number of rotatable bonds is 1. The maximum atomic E-state index is 12.8. The second-order valence-electron chi connectivity index (χ2n) is 14.8. The van der Waals surface area contributed by atoms with Crippen LogP contribution in [-0.4, -0.2) is 22.0 Å². The average molecular weight is 471 g/mol. The molecule has 4 nitrogen and oxygen atoms in total. The number of allylic oxidation sites excluding steroid dienone is 2. The van der Waals surface area contributed by atoms with Gasteiger partial charge in [-0.05, 0) is 122 Å². The number of fused-ring (bicyclic) bond motifs is 7. The Morgan fingerprint density at radius 1 is 0.824 bits per heavy atom. The molecule has 0 radical (unpaired) electrons. The van der Waals surface area contributed by atoms with E-state index in [1.807, 2.05) is 13.8 Å². The van der Waals surface area contributed by atoms with Crippen molar-refractivity contribution in [2.75, 3.05) is 0 Å². The van der Waals surface area contributed by atoms with E-state index in [4.69, 9.17) is 0 Å². The molecule has 5 aliphatic rings. The molecule has 4 heteroatoms. The summed E-state index contributed by atoms with van der Waals surface area (Å²) in [5.74, 6) is 0.553. The summed E-state index contributed by atoms with van der Waals surface area (Å²) in [7, 11) is 0. The minimum absolute atomic E-state index is 0.0243. The predicted octanol–water partition coefficient (Wildman–Crippen LogP) is 7.33. The Balaban J connectivity index is 1.57. The van der Waals surface area contributed by atoms with Crippen LogP contribution < -0.4 is 0 Å². The molecule has 190 valence electrons. The van der Waals surface area contributed by atoms with Gasteiger partial charge in [0.25, 0.3) is 0 Å². The molecule has 0 unspecified atom stereocenters. The highest BCUT2D eigenvalue weighted by atomic mass is 16.4. The van der Waals surface area contributed by atoms with Crippen LogP contribution in [0.1, 0.15) is 113 Å². The van der Waals surface area contributed by atoms with Crippen molar-refractivity contribution in [1.29, 1.82) is 0 Å². The van der Waals surface area contributed by atoms with E-state index in [2.05, 4.69) is 34.6 Å². The first-order chi connectivity index (χ1) is 15.6. The van der Waals surface area contributed by atoms with Crippen LogP contribution in [0.3, 0.4) is 0 Å². The maximum absolute atomic E-state index is 12.8. The molecule has 0 spiro atoms. The molecule has 9 atom stereocenters. The molecule has 4 saturated carbocycles. The van der Waals surface area contributed by atoms with Crippen LogP contribution in [0.2, 0.25) is 0 Å².